The Kier molecular flexibility index (Phi) is 3.84. The number of carboxylic acids is 1. The molecule has 1 aliphatic heterocycles. The van der Waals surface area contributed by atoms with E-state index in [9.17, 15) is 4.79 Å². The summed E-state index contributed by atoms with van der Waals surface area (Å²) in [6.07, 6.45) is -0.440. The van der Waals surface area contributed by atoms with Gasteiger partial charge in [0.25, 0.3) is 0 Å². The Morgan fingerprint density at radius 2 is 2.39 bits per heavy atom. The van der Waals surface area contributed by atoms with Gasteiger partial charge < -0.3 is 14.7 Å². The van der Waals surface area contributed by atoms with Crippen molar-refractivity contribution >= 4 is 27.6 Å². The summed E-state index contributed by atoms with van der Waals surface area (Å²) in [7, 11) is 0. The summed E-state index contributed by atoms with van der Waals surface area (Å²) >= 11 is 3.36. The summed E-state index contributed by atoms with van der Waals surface area (Å²) in [6, 6.07) is 6.94. The predicted molar refractivity (Wildman–Crippen MR) is 68.7 cm³/mol. The summed E-state index contributed by atoms with van der Waals surface area (Å²) in [6.45, 7) is 1.66. The topological polar surface area (TPSA) is 73.6 Å². The molecule has 0 aliphatic carbocycles. The molecule has 1 atom stereocenters. The Hall–Kier alpha value is -1.58. The van der Waals surface area contributed by atoms with Crippen molar-refractivity contribution in [2.24, 2.45) is 0 Å². The van der Waals surface area contributed by atoms with Crippen LogP contribution in [0.1, 0.15) is 10.4 Å². The van der Waals surface area contributed by atoms with E-state index in [2.05, 4.69) is 22.0 Å². The zero-order valence-electron chi connectivity index (χ0n) is 9.47. The van der Waals surface area contributed by atoms with Crippen molar-refractivity contribution in [3.63, 3.8) is 0 Å². The lowest BCUT2D eigenvalue weighted by Gasteiger charge is -2.32. The highest BCUT2D eigenvalue weighted by Gasteiger charge is 2.22. The molecule has 1 aromatic rings. The van der Waals surface area contributed by atoms with Crippen LogP contribution in [0.5, 0.6) is 0 Å². The van der Waals surface area contributed by atoms with Crippen molar-refractivity contribution in [2.75, 3.05) is 24.6 Å². The Morgan fingerprint density at radius 1 is 1.61 bits per heavy atom. The first kappa shape index (κ1) is 12.9. The van der Waals surface area contributed by atoms with Crippen molar-refractivity contribution in [1.82, 2.24) is 0 Å². The molecule has 2 rings (SSSR count). The minimum atomic E-state index is -0.959. The number of morpholine rings is 1. The number of benzene rings is 1. The largest absolute Gasteiger partial charge is 0.478 e. The van der Waals surface area contributed by atoms with Gasteiger partial charge in [0.2, 0.25) is 0 Å². The molecule has 94 valence electrons. The fraction of sp³-hybridized carbons (Fsp3) is 0.333. The monoisotopic (exact) mass is 310 g/mol. The number of nitrogens with zero attached hydrogens (tertiary/aromatic N) is 2. The van der Waals surface area contributed by atoms with Crippen LogP contribution in [0, 0.1) is 11.3 Å². The molecular formula is C12H11BrN2O3. The van der Waals surface area contributed by atoms with Crippen LogP contribution in [0.4, 0.5) is 5.69 Å². The zero-order chi connectivity index (χ0) is 13.1. The van der Waals surface area contributed by atoms with Crippen LogP contribution < -0.4 is 4.90 Å². The highest BCUT2D eigenvalue weighted by Crippen LogP contribution is 2.28. The van der Waals surface area contributed by atoms with Gasteiger partial charge in [0.15, 0.2) is 6.10 Å². The summed E-state index contributed by atoms with van der Waals surface area (Å²) in [5, 5.41) is 17.7. The highest BCUT2D eigenvalue weighted by molar-refractivity contribution is 9.10. The lowest BCUT2D eigenvalue weighted by Crippen LogP contribution is -2.42. The minimum absolute atomic E-state index is 0.232. The first-order valence-electron chi connectivity index (χ1n) is 5.41. The molecule has 18 heavy (non-hydrogen) atoms. The van der Waals surface area contributed by atoms with E-state index in [4.69, 9.17) is 15.1 Å². The molecule has 0 amide bonds. The van der Waals surface area contributed by atoms with Gasteiger partial charge in [-0.2, -0.15) is 5.26 Å². The van der Waals surface area contributed by atoms with Crippen LogP contribution in [0.3, 0.4) is 0 Å². The molecular weight excluding hydrogens is 300 g/mol. The molecule has 1 aromatic carbocycles. The van der Waals surface area contributed by atoms with Crippen molar-refractivity contribution in [1.29, 1.82) is 5.26 Å². The number of carboxylic acid groups (broad SMARTS) is 1. The molecule has 0 saturated carbocycles. The van der Waals surface area contributed by atoms with Crippen molar-refractivity contribution in [2.45, 2.75) is 6.10 Å². The van der Waals surface area contributed by atoms with Gasteiger partial charge in [-0.05, 0) is 34.1 Å². The Labute approximate surface area is 113 Å². The molecule has 0 aromatic heterocycles. The van der Waals surface area contributed by atoms with E-state index >= 15 is 0 Å². The van der Waals surface area contributed by atoms with E-state index < -0.39 is 12.1 Å². The van der Waals surface area contributed by atoms with Gasteiger partial charge in [0.1, 0.15) is 0 Å². The standard InChI is InChI=1S/C12H11BrN2O3/c13-10-5-8(12(16)17)1-2-11(10)15-3-4-18-9(6-14)7-15/h1-2,5,9H,3-4,7H2,(H,16,17). The normalized spacial score (nSPS) is 19.3. The smallest absolute Gasteiger partial charge is 0.335 e. The first-order chi connectivity index (χ1) is 8.61. The quantitative estimate of drug-likeness (QED) is 0.902. The Balaban J connectivity index is 2.23. The number of halogens is 1. The van der Waals surface area contributed by atoms with Gasteiger partial charge in [-0.1, -0.05) is 0 Å². The fourth-order valence-corrected chi connectivity index (χ4v) is 2.47. The lowest BCUT2D eigenvalue weighted by atomic mass is 10.2. The van der Waals surface area contributed by atoms with Crippen LogP contribution in [0.25, 0.3) is 0 Å². The molecule has 1 unspecified atom stereocenters. The van der Waals surface area contributed by atoms with E-state index in [0.717, 1.165) is 5.69 Å². The maximum Gasteiger partial charge on any atom is 0.335 e. The second-order valence-corrected chi connectivity index (χ2v) is 4.76. The molecule has 1 saturated heterocycles. The van der Waals surface area contributed by atoms with Crippen LogP contribution in [-0.2, 0) is 4.74 Å². The molecule has 6 heteroatoms. The van der Waals surface area contributed by atoms with E-state index in [1.165, 1.54) is 0 Å². The number of rotatable bonds is 2. The van der Waals surface area contributed by atoms with Crippen LogP contribution in [-0.4, -0.2) is 36.9 Å². The van der Waals surface area contributed by atoms with E-state index in [-0.39, 0.29) is 5.56 Å². The fourth-order valence-electron chi connectivity index (χ4n) is 1.84. The summed E-state index contributed by atoms with van der Waals surface area (Å²) in [5.41, 5.74) is 1.11. The third-order valence-electron chi connectivity index (χ3n) is 2.75. The summed E-state index contributed by atoms with van der Waals surface area (Å²) in [5.74, 6) is -0.959. The molecule has 1 aliphatic rings. The molecule has 0 bridgehead atoms. The maximum absolute atomic E-state index is 10.8. The molecule has 5 nitrogen and oxygen atoms in total. The minimum Gasteiger partial charge on any atom is -0.478 e. The van der Waals surface area contributed by atoms with Crippen molar-refractivity contribution in [3.8, 4) is 6.07 Å². The van der Waals surface area contributed by atoms with Crippen LogP contribution in [0.15, 0.2) is 22.7 Å². The third-order valence-corrected chi connectivity index (χ3v) is 3.38. The Bertz CT molecular complexity index is 513. The summed E-state index contributed by atoms with van der Waals surface area (Å²) < 4.78 is 5.98. The SMILES string of the molecule is N#CC1CN(c2ccc(C(=O)O)cc2Br)CCO1. The molecule has 1 N–H and O–H groups in total. The molecule has 1 heterocycles. The number of hydrogen-bond donors (Lipinski definition) is 1. The Morgan fingerprint density at radius 3 is 3.00 bits per heavy atom. The number of anilines is 1. The number of aromatic carboxylic acids is 1. The third kappa shape index (κ3) is 2.63. The summed E-state index contributed by atoms with van der Waals surface area (Å²) in [4.78, 5) is 12.8. The molecule has 0 spiro atoms. The van der Waals surface area contributed by atoms with Crippen LogP contribution in [0.2, 0.25) is 0 Å². The first-order valence-corrected chi connectivity index (χ1v) is 6.20. The van der Waals surface area contributed by atoms with Crippen molar-refractivity contribution in [3.05, 3.63) is 28.2 Å². The molecule has 0 radical (unpaired) electrons. The lowest BCUT2D eigenvalue weighted by molar-refractivity contribution is 0.0696. The highest BCUT2D eigenvalue weighted by atomic mass is 79.9. The number of carbonyl (C=O) groups is 1. The number of hydrogen-bond acceptors (Lipinski definition) is 4. The van der Waals surface area contributed by atoms with Gasteiger partial charge in [0, 0.05) is 11.0 Å². The average molecular weight is 311 g/mol. The average Bonchev–Trinajstić information content (AvgIpc) is 2.38. The van der Waals surface area contributed by atoms with Gasteiger partial charge >= 0.3 is 5.97 Å². The predicted octanol–water partition coefficient (Wildman–Crippen LogP) is 1.88. The van der Waals surface area contributed by atoms with E-state index in [1.54, 1.807) is 18.2 Å². The molecule has 1 fully saturated rings. The van der Waals surface area contributed by atoms with Gasteiger partial charge in [-0.3, -0.25) is 0 Å². The van der Waals surface area contributed by atoms with Crippen LogP contribution >= 0.6 is 15.9 Å². The van der Waals surface area contributed by atoms with E-state index in [0.29, 0.717) is 24.2 Å². The van der Waals surface area contributed by atoms with Gasteiger partial charge in [-0.15, -0.1) is 0 Å². The van der Waals surface area contributed by atoms with E-state index in [1.807, 2.05) is 4.90 Å². The van der Waals surface area contributed by atoms with Gasteiger partial charge in [-0.25, -0.2) is 4.79 Å². The van der Waals surface area contributed by atoms with Crippen molar-refractivity contribution < 1.29 is 14.6 Å². The second kappa shape index (κ2) is 5.38. The number of ether oxygens (including phenoxy) is 1. The van der Waals surface area contributed by atoms with Gasteiger partial charge in [0.05, 0.1) is 30.5 Å². The zero-order valence-corrected chi connectivity index (χ0v) is 11.1. The maximum atomic E-state index is 10.8. The second-order valence-electron chi connectivity index (χ2n) is 3.91. The number of nitriles is 1.